The first-order valence-corrected chi connectivity index (χ1v) is 12.7. The maximum absolute atomic E-state index is 12.9. The Hall–Kier alpha value is -2.80. The van der Waals surface area contributed by atoms with Gasteiger partial charge in [-0.05, 0) is 12.1 Å². The molecule has 0 N–H and O–H groups in total. The Labute approximate surface area is 176 Å². The lowest BCUT2D eigenvalue weighted by Crippen LogP contribution is -2.08. The zero-order chi connectivity index (χ0) is 23.2. The molecule has 1 aromatic carbocycles. The van der Waals surface area contributed by atoms with Gasteiger partial charge in [0.05, 0.1) is 16.3 Å². The number of hydrogen-bond donors (Lipinski definition) is 0. The molecule has 0 unspecified atom stereocenters. The zero-order valence-corrected chi connectivity index (χ0v) is 18.2. The van der Waals surface area contributed by atoms with E-state index >= 15 is 0 Å². The number of sulfone groups is 1. The van der Waals surface area contributed by atoms with E-state index in [-0.39, 0.29) is 33.1 Å². The van der Waals surface area contributed by atoms with Crippen molar-refractivity contribution in [1.82, 2.24) is 14.4 Å². The van der Waals surface area contributed by atoms with Crippen molar-refractivity contribution in [3.8, 4) is 11.3 Å². The van der Waals surface area contributed by atoms with Crippen LogP contribution in [0.15, 0.2) is 46.0 Å². The Kier molecular flexibility index (Phi) is 5.69. The lowest BCUT2D eigenvalue weighted by atomic mass is 10.1. The molecule has 1 amide bonds. The number of carbonyl (C=O) groups excluding carboxylic acids is 1. The summed E-state index contributed by atoms with van der Waals surface area (Å²) >= 11 is 0. The molecule has 0 radical (unpaired) electrons. The fourth-order valence-electron chi connectivity index (χ4n) is 2.71. The maximum Gasteiger partial charge on any atom is 0.433 e. The van der Waals surface area contributed by atoms with Crippen molar-refractivity contribution in [2.24, 2.45) is 4.36 Å². The van der Waals surface area contributed by atoms with E-state index in [1.54, 1.807) is 0 Å². The van der Waals surface area contributed by atoms with Crippen LogP contribution in [-0.4, -0.2) is 51.2 Å². The van der Waals surface area contributed by atoms with E-state index in [9.17, 15) is 30.6 Å². The Balaban J connectivity index is 2.21. The van der Waals surface area contributed by atoms with Gasteiger partial charge >= 0.3 is 6.18 Å². The van der Waals surface area contributed by atoms with Gasteiger partial charge in [0.15, 0.2) is 9.84 Å². The number of fused-ring (bicyclic) bond motifs is 1. The summed E-state index contributed by atoms with van der Waals surface area (Å²) in [6.07, 6.45) is 0.140. The fourth-order valence-corrected chi connectivity index (χ4v) is 4.34. The van der Waals surface area contributed by atoms with Crippen molar-refractivity contribution < 1.29 is 30.6 Å². The average Bonchev–Trinajstić information content (AvgIpc) is 3.08. The summed E-state index contributed by atoms with van der Waals surface area (Å²) in [6.45, 7) is 1.41. The molecule has 2 aromatic heterocycles. The van der Waals surface area contributed by atoms with Crippen molar-refractivity contribution >= 4 is 31.1 Å². The highest BCUT2D eigenvalue weighted by Gasteiger charge is 2.33. The third kappa shape index (κ3) is 4.93. The Morgan fingerprint density at radius 2 is 1.84 bits per heavy atom. The summed E-state index contributed by atoms with van der Waals surface area (Å²) in [5.74, 6) is -1.14. The number of imidazole rings is 1. The third-order valence-electron chi connectivity index (χ3n) is 4.16. The van der Waals surface area contributed by atoms with Crippen molar-refractivity contribution in [3.05, 3.63) is 48.0 Å². The van der Waals surface area contributed by atoms with E-state index in [0.717, 1.165) is 18.5 Å². The first-order valence-electron chi connectivity index (χ1n) is 8.72. The Bertz CT molecular complexity index is 1410. The molecule has 0 saturated carbocycles. The van der Waals surface area contributed by atoms with Crippen LogP contribution in [-0.2, 0) is 25.7 Å². The number of amides is 1. The van der Waals surface area contributed by atoms with Crippen LogP contribution >= 0.6 is 0 Å². The predicted molar refractivity (Wildman–Crippen MR) is 108 cm³/mol. The SMILES string of the molecule is CCS(=O)(=O)c1cc(C(=O)N=S(C)(C)=O)ccc1-c1cn2cnc(C(F)(F)F)cc2n1. The van der Waals surface area contributed by atoms with Crippen LogP contribution in [0.5, 0.6) is 0 Å². The lowest BCUT2D eigenvalue weighted by Gasteiger charge is -2.09. The van der Waals surface area contributed by atoms with Crippen LogP contribution in [0.2, 0.25) is 0 Å². The summed E-state index contributed by atoms with van der Waals surface area (Å²) in [4.78, 5) is 19.5. The highest BCUT2D eigenvalue weighted by Crippen LogP contribution is 2.31. The molecule has 0 bridgehead atoms. The normalized spacial score (nSPS) is 12.8. The average molecular weight is 474 g/mol. The predicted octanol–water partition coefficient (Wildman–Crippen LogP) is 3.08. The number of aromatic nitrogens is 3. The summed E-state index contributed by atoms with van der Waals surface area (Å²) in [6, 6.07) is 4.46. The van der Waals surface area contributed by atoms with Gasteiger partial charge in [-0.3, -0.25) is 9.20 Å². The second-order valence-electron chi connectivity index (χ2n) is 6.86. The van der Waals surface area contributed by atoms with Gasteiger partial charge in [-0.25, -0.2) is 22.6 Å². The molecule has 0 aliphatic heterocycles. The second kappa shape index (κ2) is 7.71. The summed E-state index contributed by atoms with van der Waals surface area (Å²) in [5, 5.41) is 0. The number of hydrogen-bond acceptors (Lipinski definition) is 6. The smallest absolute Gasteiger partial charge is 0.290 e. The minimum Gasteiger partial charge on any atom is -0.290 e. The van der Waals surface area contributed by atoms with Gasteiger partial charge < -0.3 is 0 Å². The first kappa shape index (κ1) is 22.9. The molecule has 3 aromatic rings. The van der Waals surface area contributed by atoms with Gasteiger partial charge in [0.25, 0.3) is 5.91 Å². The monoisotopic (exact) mass is 474 g/mol. The standard InChI is InChI=1S/C18H17F3N4O4S2/c1-4-31(28,29)14-7-11(17(26)24-30(2,3)27)5-6-12(14)13-9-25-10-22-15(18(19,20)21)8-16(25)23-13/h5-10H,4H2,1-3H3. The van der Waals surface area contributed by atoms with Crippen LogP contribution in [0.25, 0.3) is 16.9 Å². The molecule has 31 heavy (non-hydrogen) atoms. The minimum atomic E-state index is -4.66. The van der Waals surface area contributed by atoms with Crippen molar-refractivity contribution in [2.75, 3.05) is 18.3 Å². The summed E-state index contributed by atoms with van der Waals surface area (Å²) in [5.41, 5.74) is -1.12. The Morgan fingerprint density at radius 3 is 2.42 bits per heavy atom. The molecule has 8 nitrogen and oxygen atoms in total. The van der Waals surface area contributed by atoms with Crippen LogP contribution in [0.1, 0.15) is 23.0 Å². The van der Waals surface area contributed by atoms with Crippen LogP contribution in [0.3, 0.4) is 0 Å². The number of nitrogens with zero attached hydrogens (tertiary/aromatic N) is 4. The second-order valence-corrected chi connectivity index (χ2v) is 11.6. The first-order chi connectivity index (χ1) is 14.2. The van der Waals surface area contributed by atoms with Crippen LogP contribution in [0.4, 0.5) is 13.2 Å². The number of alkyl halides is 3. The number of carbonyl (C=O) groups is 1. The van der Waals surface area contributed by atoms with Gasteiger partial charge in [-0.2, -0.15) is 17.5 Å². The van der Waals surface area contributed by atoms with Gasteiger partial charge in [0.1, 0.15) is 17.7 Å². The van der Waals surface area contributed by atoms with Crippen molar-refractivity contribution in [3.63, 3.8) is 0 Å². The lowest BCUT2D eigenvalue weighted by molar-refractivity contribution is -0.141. The molecule has 3 rings (SSSR count). The molecular formula is C18H17F3N4O4S2. The molecule has 13 heteroatoms. The van der Waals surface area contributed by atoms with Gasteiger partial charge in [0.2, 0.25) is 0 Å². The van der Waals surface area contributed by atoms with Crippen molar-refractivity contribution in [1.29, 1.82) is 0 Å². The van der Waals surface area contributed by atoms with Gasteiger partial charge in [-0.15, -0.1) is 0 Å². The largest absolute Gasteiger partial charge is 0.433 e. The minimum absolute atomic E-state index is 0.0796. The molecule has 2 heterocycles. The molecule has 166 valence electrons. The van der Waals surface area contributed by atoms with Gasteiger partial charge in [-0.1, -0.05) is 13.0 Å². The maximum atomic E-state index is 12.9. The van der Waals surface area contributed by atoms with Crippen molar-refractivity contribution in [2.45, 2.75) is 18.0 Å². The van der Waals surface area contributed by atoms with E-state index < -0.39 is 37.3 Å². The molecule has 0 saturated heterocycles. The zero-order valence-electron chi connectivity index (χ0n) is 16.5. The van der Waals surface area contributed by atoms with Crippen LogP contribution in [0, 0.1) is 0 Å². The topological polar surface area (TPSA) is 111 Å². The van der Waals surface area contributed by atoms with E-state index in [1.807, 2.05) is 0 Å². The van der Waals surface area contributed by atoms with E-state index in [2.05, 4.69) is 14.3 Å². The molecule has 0 fully saturated rings. The van der Waals surface area contributed by atoms with Gasteiger partial charge in [0, 0.05) is 45.6 Å². The number of halogens is 3. The Morgan fingerprint density at radius 1 is 1.16 bits per heavy atom. The molecule has 0 atom stereocenters. The molecule has 0 spiro atoms. The summed E-state index contributed by atoms with van der Waals surface area (Å²) < 4.78 is 80.6. The molecule has 0 aliphatic rings. The highest BCUT2D eigenvalue weighted by molar-refractivity contribution is 7.92. The van der Waals surface area contributed by atoms with E-state index in [0.29, 0.717) is 0 Å². The number of benzene rings is 1. The summed E-state index contributed by atoms with van der Waals surface area (Å²) in [7, 11) is -6.62. The van der Waals surface area contributed by atoms with Crippen LogP contribution < -0.4 is 0 Å². The van der Waals surface area contributed by atoms with E-state index in [1.165, 1.54) is 42.2 Å². The third-order valence-corrected chi connectivity index (χ3v) is 6.53. The van der Waals surface area contributed by atoms with E-state index in [4.69, 9.17) is 0 Å². The molecule has 0 aliphatic carbocycles. The number of rotatable bonds is 4. The fraction of sp³-hybridized carbons (Fsp3) is 0.278. The molecular weight excluding hydrogens is 457 g/mol. The quantitative estimate of drug-likeness (QED) is 0.575. The highest BCUT2D eigenvalue weighted by atomic mass is 32.2.